The molecule has 2 rings (SSSR count). The van der Waals surface area contributed by atoms with Gasteiger partial charge in [-0.2, -0.15) is 0 Å². The number of hydrogen-bond donors (Lipinski definition) is 0. The smallest absolute Gasteiger partial charge is 0.372 e. The molecule has 0 saturated carbocycles. The highest BCUT2D eigenvalue weighted by Gasteiger charge is 2.12. The summed E-state index contributed by atoms with van der Waals surface area (Å²) >= 11 is 0. The maximum atomic E-state index is 11.6. The van der Waals surface area contributed by atoms with Crippen LogP contribution in [-0.2, 0) is 4.57 Å². The Balaban J connectivity index is 0.000000340. The molecule has 0 saturated heterocycles. The Morgan fingerprint density at radius 3 is 1.35 bits per heavy atom. The van der Waals surface area contributed by atoms with Crippen molar-refractivity contribution in [2.24, 2.45) is 0 Å². The molecule has 0 amide bonds. The molecule has 0 N–H and O–H groups in total. The first-order valence-electron chi connectivity index (χ1n) is 12.8. The van der Waals surface area contributed by atoms with Crippen molar-refractivity contribution >= 4 is 7.82 Å². The molecule has 0 bridgehead atoms. The van der Waals surface area contributed by atoms with Gasteiger partial charge in [-0.15, -0.1) is 0 Å². The lowest BCUT2D eigenvalue weighted by Crippen LogP contribution is -2.35. The molecule has 0 unspecified atom stereocenters. The summed E-state index contributed by atoms with van der Waals surface area (Å²) in [4.78, 5) is 11.6. The van der Waals surface area contributed by atoms with E-state index in [1.807, 2.05) is 0 Å². The van der Waals surface area contributed by atoms with Crippen LogP contribution in [0.25, 0.3) is 0 Å². The summed E-state index contributed by atoms with van der Waals surface area (Å²) in [6.07, 6.45) is 15.9. The Kier molecular flexibility index (Phi) is 15.6. The second-order valence-electron chi connectivity index (χ2n) is 9.81. The molecule has 0 atom stereocenters. The van der Waals surface area contributed by atoms with Crippen LogP contribution in [0, 0.1) is 0 Å². The number of benzene rings is 2. The highest BCUT2D eigenvalue weighted by molar-refractivity contribution is 7.46. The summed E-state index contributed by atoms with van der Waals surface area (Å²) in [5.41, 5.74) is 0. The lowest BCUT2D eigenvalue weighted by atomic mass is 10.1. The lowest BCUT2D eigenvalue weighted by Gasteiger charge is -2.23. The molecule has 34 heavy (non-hydrogen) atoms. The lowest BCUT2D eigenvalue weighted by molar-refractivity contribution is -0.870. The third-order valence-electron chi connectivity index (χ3n) is 5.35. The fourth-order valence-electron chi connectivity index (χ4n) is 3.49. The van der Waals surface area contributed by atoms with E-state index >= 15 is 0 Å². The summed E-state index contributed by atoms with van der Waals surface area (Å²) in [7, 11) is 2.48. The van der Waals surface area contributed by atoms with Crippen LogP contribution in [0.3, 0.4) is 0 Å². The summed E-state index contributed by atoms with van der Waals surface area (Å²) in [6, 6.07) is 16.4. The Labute approximate surface area is 208 Å². The monoisotopic (exact) mass is 491 g/mol. The number of para-hydroxylation sites is 2. The van der Waals surface area contributed by atoms with Gasteiger partial charge in [0.05, 0.1) is 27.7 Å². The molecule has 0 fully saturated rings. The molecule has 6 heteroatoms. The van der Waals surface area contributed by atoms with Gasteiger partial charge in [-0.1, -0.05) is 101 Å². The minimum atomic E-state index is -4.39. The van der Waals surface area contributed by atoms with Crippen LogP contribution in [0.4, 0.5) is 0 Å². The minimum Gasteiger partial charge on any atom is -0.736 e. The second-order valence-corrected chi connectivity index (χ2v) is 11.1. The van der Waals surface area contributed by atoms with E-state index in [9.17, 15) is 9.46 Å². The molecule has 0 spiro atoms. The van der Waals surface area contributed by atoms with Crippen molar-refractivity contribution in [3.8, 4) is 11.5 Å². The Bertz CT molecular complexity index is 732. The van der Waals surface area contributed by atoms with E-state index in [0.29, 0.717) is 0 Å². The molecule has 2 aromatic rings. The normalized spacial score (nSPS) is 11.4. The van der Waals surface area contributed by atoms with Crippen molar-refractivity contribution in [1.82, 2.24) is 0 Å². The first kappa shape index (κ1) is 30.2. The Morgan fingerprint density at radius 2 is 1.00 bits per heavy atom. The number of hydrogen-bond acceptors (Lipinski definition) is 4. The number of rotatable bonds is 16. The first-order chi connectivity index (χ1) is 16.2. The molecule has 192 valence electrons. The second kappa shape index (κ2) is 17.6. The molecule has 0 aliphatic carbocycles. The fraction of sp³-hybridized carbons (Fsp3) is 0.571. The van der Waals surface area contributed by atoms with E-state index in [1.54, 1.807) is 60.7 Å². The van der Waals surface area contributed by atoms with Gasteiger partial charge in [-0.3, -0.25) is 0 Å². The molecule has 0 radical (unpaired) electrons. The van der Waals surface area contributed by atoms with Crippen molar-refractivity contribution in [2.45, 2.75) is 77.6 Å². The van der Waals surface area contributed by atoms with Gasteiger partial charge >= 0.3 is 7.82 Å². The summed E-state index contributed by atoms with van der Waals surface area (Å²) < 4.78 is 22.2. The van der Waals surface area contributed by atoms with Gasteiger partial charge in [0.25, 0.3) is 0 Å². The summed E-state index contributed by atoms with van der Waals surface area (Å²) in [5, 5.41) is 0. The van der Waals surface area contributed by atoms with Crippen LogP contribution in [0.1, 0.15) is 77.6 Å². The molecule has 2 aromatic carbocycles. The van der Waals surface area contributed by atoms with Gasteiger partial charge in [0.2, 0.25) is 0 Å². The summed E-state index contributed by atoms with van der Waals surface area (Å²) in [6.45, 7) is 3.62. The van der Waals surface area contributed by atoms with E-state index in [-0.39, 0.29) is 11.5 Å². The first-order valence-corrected chi connectivity index (χ1v) is 14.3. The molecular formula is C28H46NO4P. The van der Waals surface area contributed by atoms with Crippen molar-refractivity contribution in [3.05, 3.63) is 60.7 Å². The van der Waals surface area contributed by atoms with Crippen LogP contribution >= 0.6 is 7.82 Å². The predicted molar refractivity (Wildman–Crippen MR) is 141 cm³/mol. The maximum Gasteiger partial charge on any atom is 0.372 e. The van der Waals surface area contributed by atoms with Gasteiger partial charge in [-0.25, -0.2) is 4.57 Å². The standard InChI is InChI=1S/C16H36N.C12H11O4P/c1-5-6-7-8-9-10-11-12-13-14-15-16-17(2,3)4;13-17(14,15-11-7-3-1-4-8-11)16-12-9-5-2-6-10-12/h5-16H2,1-4H3;1-10H,(H,13,14)/q+1;/p-1. The number of phosphoric ester groups is 1. The fourth-order valence-corrected chi connectivity index (χ4v) is 4.29. The maximum absolute atomic E-state index is 11.6. The minimum absolute atomic E-state index is 0.224. The third-order valence-corrected chi connectivity index (χ3v) is 6.22. The molecule has 0 aliphatic heterocycles. The molecule has 5 nitrogen and oxygen atoms in total. The van der Waals surface area contributed by atoms with Crippen molar-refractivity contribution in [1.29, 1.82) is 0 Å². The zero-order valence-electron chi connectivity index (χ0n) is 21.8. The highest BCUT2D eigenvalue weighted by Crippen LogP contribution is 2.40. The number of phosphoric acid groups is 1. The zero-order valence-corrected chi connectivity index (χ0v) is 22.7. The number of quaternary nitrogens is 1. The predicted octanol–water partition coefficient (Wildman–Crippen LogP) is 7.62. The van der Waals surface area contributed by atoms with Crippen molar-refractivity contribution in [2.75, 3.05) is 27.7 Å². The quantitative estimate of drug-likeness (QED) is 0.138. The van der Waals surface area contributed by atoms with Gasteiger partial charge in [-0.05, 0) is 37.1 Å². The number of unbranched alkanes of at least 4 members (excludes halogenated alkanes) is 10. The number of nitrogens with zero attached hydrogens (tertiary/aromatic N) is 1. The van der Waals surface area contributed by atoms with Crippen molar-refractivity contribution in [3.63, 3.8) is 0 Å². The zero-order chi connectivity index (χ0) is 25.1. The van der Waals surface area contributed by atoms with Crippen LogP contribution in [0.5, 0.6) is 11.5 Å². The largest absolute Gasteiger partial charge is 0.736 e. The molecular weight excluding hydrogens is 445 g/mol. The Morgan fingerprint density at radius 1 is 0.647 bits per heavy atom. The van der Waals surface area contributed by atoms with E-state index < -0.39 is 7.82 Å². The van der Waals surface area contributed by atoms with Crippen molar-refractivity contribution < 1.29 is 23.0 Å². The van der Waals surface area contributed by atoms with E-state index in [2.05, 4.69) is 28.1 Å². The highest BCUT2D eigenvalue weighted by atomic mass is 31.2. The van der Waals surface area contributed by atoms with Crippen LogP contribution in [-0.4, -0.2) is 32.2 Å². The average molecular weight is 492 g/mol. The van der Waals surface area contributed by atoms with Crippen LogP contribution in [0.15, 0.2) is 60.7 Å². The summed E-state index contributed by atoms with van der Waals surface area (Å²) in [5.74, 6) is 0.448. The van der Waals surface area contributed by atoms with Gasteiger partial charge in [0.1, 0.15) is 11.5 Å². The Hall–Kier alpha value is -1.81. The van der Waals surface area contributed by atoms with E-state index in [4.69, 9.17) is 9.05 Å². The van der Waals surface area contributed by atoms with E-state index in [1.165, 1.54) is 77.2 Å². The topological polar surface area (TPSA) is 58.6 Å². The van der Waals surface area contributed by atoms with E-state index in [0.717, 1.165) is 4.48 Å². The molecule has 0 aromatic heterocycles. The van der Waals surface area contributed by atoms with Gasteiger partial charge in [0, 0.05) is 0 Å². The SMILES string of the molecule is CCCCCCCCCCCCC[N+](C)(C)C.O=P([O-])(Oc1ccccc1)Oc1ccccc1. The van der Waals surface area contributed by atoms with Gasteiger partial charge in [0.15, 0.2) is 0 Å². The third kappa shape index (κ3) is 17.6. The average Bonchev–Trinajstić information content (AvgIpc) is 2.78. The molecule has 0 aliphatic rings. The van der Waals surface area contributed by atoms with Crippen LogP contribution in [0.2, 0.25) is 0 Å². The van der Waals surface area contributed by atoms with Crippen LogP contribution < -0.4 is 13.9 Å². The molecule has 0 heterocycles. The van der Waals surface area contributed by atoms with Gasteiger partial charge < -0.3 is 18.4 Å².